The average molecular weight is 547 g/mol. The highest BCUT2D eigenvalue weighted by Gasteiger charge is 2.16. The quantitative estimate of drug-likeness (QED) is 0.312. The Balaban J connectivity index is 0.00000363. The highest BCUT2D eigenvalue weighted by Crippen LogP contribution is 2.22. The van der Waals surface area contributed by atoms with Crippen LogP contribution in [-0.2, 0) is 11.3 Å². The van der Waals surface area contributed by atoms with E-state index in [-0.39, 0.29) is 29.9 Å². The molecule has 1 aliphatic rings. The van der Waals surface area contributed by atoms with Gasteiger partial charge in [0, 0.05) is 25.3 Å². The highest BCUT2D eigenvalue weighted by molar-refractivity contribution is 14.0. The monoisotopic (exact) mass is 547 g/mol. The summed E-state index contributed by atoms with van der Waals surface area (Å²) in [6.45, 7) is 5.62. The third-order valence-electron chi connectivity index (χ3n) is 5.07. The average Bonchev–Trinajstić information content (AvgIpc) is 2.77. The van der Waals surface area contributed by atoms with Gasteiger partial charge in [-0.2, -0.15) is 0 Å². The van der Waals surface area contributed by atoms with Crippen molar-refractivity contribution in [3.8, 4) is 0 Å². The number of likely N-dealkylation sites (N-methyl/N-ethyl adjacent to an activating group) is 1. The molecule has 1 amide bonds. The lowest BCUT2D eigenvalue weighted by Gasteiger charge is -2.30. The van der Waals surface area contributed by atoms with E-state index >= 15 is 0 Å². The smallest absolute Gasteiger partial charge is 0.238 e. The molecule has 6 nitrogen and oxygen atoms in total. The van der Waals surface area contributed by atoms with Gasteiger partial charge in [-0.15, -0.1) is 24.0 Å². The van der Waals surface area contributed by atoms with E-state index in [2.05, 4.69) is 58.9 Å². The molecule has 172 valence electrons. The SMILES string of the molecule is CCNC(=NCc1cccc(NC(=O)CN(C)C)c1)N1CC=C(c2ccccc2)CC1.I. The minimum Gasteiger partial charge on any atom is -0.356 e. The Morgan fingerprint density at radius 1 is 1.12 bits per heavy atom. The maximum absolute atomic E-state index is 12.0. The van der Waals surface area contributed by atoms with Crippen LogP contribution in [0.2, 0.25) is 0 Å². The predicted molar refractivity (Wildman–Crippen MR) is 144 cm³/mol. The maximum atomic E-state index is 12.0. The van der Waals surface area contributed by atoms with E-state index in [0.29, 0.717) is 13.1 Å². The second kappa shape index (κ2) is 13.2. The number of nitrogens with one attached hydrogen (secondary N) is 2. The van der Waals surface area contributed by atoms with Crippen molar-refractivity contribution in [2.24, 2.45) is 4.99 Å². The highest BCUT2D eigenvalue weighted by atomic mass is 127. The van der Waals surface area contributed by atoms with Gasteiger partial charge in [0.15, 0.2) is 5.96 Å². The summed E-state index contributed by atoms with van der Waals surface area (Å²) >= 11 is 0. The van der Waals surface area contributed by atoms with E-state index in [9.17, 15) is 4.79 Å². The molecule has 7 heteroatoms. The fourth-order valence-electron chi connectivity index (χ4n) is 3.60. The summed E-state index contributed by atoms with van der Waals surface area (Å²) in [6.07, 6.45) is 3.30. The zero-order valence-electron chi connectivity index (χ0n) is 19.2. The van der Waals surface area contributed by atoms with Gasteiger partial charge in [-0.1, -0.05) is 48.5 Å². The Morgan fingerprint density at radius 2 is 1.91 bits per heavy atom. The lowest BCUT2D eigenvalue weighted by Crippen LogP contribution is -2.43. The van der Waals surface area contributed by atoms with Gasteiger partial charge in [0.25, 0.3) is 0 Å². The summed E-state index contributed by atoms with van der Waals surface area (Å²) in [4.78, 5) is 21.0. The number of nitrogens with zero attached hydrogens (tertiary/aromatic N) is 3. The third-order valence-corrected chi connectivity index (χ3v) is 5.07. The number of benzene rings is 2. The number of aliphatic imine (C=N–C) groups is 1. The second-order valence-corrected chi connectivity index (χ2v) is 7.95. The molecule has 2 aromatic carbocycles. The van der Waals surface area contributed by atoms with Crippen LogP contribution >= 0.6 is 24.0 Å². The topological polar surface area (TPSA) is 60.0 Å². The molecule has 0 radical (unpaired) electrons. The first-order chi connectivity index (χ1) is 15.0. The van der Waals surface area contributed by atoms with Crippen molar-refractivity contribution >= 4 is 47.1 Å². The molecule has 0 atom stereocenters. The normalized spacial score (nSPS) is 13.9. The molecule has 0 saturated heterocycles. The van der Waals surface area contributed by atoms with E-state index in [0.717, 1.165) is 43.3 Å². The molecule has 0 aromatic heterocycles. The van der Waals surface area contributed by atoms with Gasteiger partial charge in [0.05, 0.1) is 13.1 Å². The van der Waals surface area contributed by atoms with Crippen molar-refractivity contribution in [1.82, 2.24) is 15.1 Å². The summed E-state index contributed by atoms with van der Waals surface area (Å²) in [5, 5.41) is 6.36. The van der Waals surface area contributed by atoms with E-state index in [1.165, 1.54) is 11.1 Å². The zero-order valence-corrected chi connectivity index (χ0v) is 21.5. The number of rotatable bonds is 7. The molecule has 3 rings (SSSR count). The minimum absolute atomic E-state index is 0. The number of carbonyl (C=O) groups excluding carboxylic acids is 1. The molecule has 32 heavy (non-hydrogen) atoms. The minimum atomic E-state index is -0.0201. The first kappa shape index (κ1) is 25.9. The van der Waals surface area contributed by atoms with Crippen LogP contribution in [0.4, 0.5) is 5.69 Å². The van der Waals surface area contributed by atoms with Crippen LogP contribution in [0.25, 0.3) is 5.57 Å². The Morgan fingerprint density at radius 3 is 2.56 bits per heavy atom. The Bertz CT molecular complexity index is 927. The number of halogens is 1. The van der Waals surface area contributed by atoms with Gasteiger partial charge in [-0.05, 0) is 56.3 Å². The van der Waals surface area contributed by atoms with Gasteiger partial charge >= 0.3 is 0 Å². The molecule has 1 aliphatic heterocycles. The summed E-state index contributed by atoms with van der Waals surface area (Å²) in [5.74, 6) is 0.904. The van der Waals surface area contributed by atoms with Crippen molar-refractivity contribution in [3.63, 3.8) is 0 Å². The van der Waals surface area contributed by atoms with E-state index in [1.54, 1.807) is 0 Å². The molecular formula is C25H34IN5O. The number of amides is 1. The van der Waals surface area contributed by atoms with Gasteiger partial charge in [-0.3, -0.25) is 4.79 Å². The van der Waals surface area contributed by atoms with Gasteiger partial charge < -0.3 is 20.4 Å². The molecule has 0 saturated carbocycles. The van der Waals surface area contributed by atoms with Crippen molar-refractivity contribution in [2.45, 2.75) is 19.9 Å². The number of guanidine groups is 1. The van der Waals surface area contributed by atoms with Gasteiger partial charge in [0.1, 0.15) is 0 Å². The van der Waals surface area contributed by atoms with E-state index in [4.69, 9.17) is 4.99 Å². The zero-order chi connectivity index (χ0) is 22.1. The lowest BCUT2D eigenvalue weighted by molar-refractivity contribution is -0.116. The molecule has 0 spiro atoms. The molecule has 2 N–H and O–H groups in total. The fraction of sp³-hybridized carbons (Fsp3) is 0.360. The van der Waals surface area contributed by atoms with Gasteiger partial charge in [0.2, 0.25) is 5.91 Å². The molecule has 2 aromatic rings. The van der Waals surface area contributed by atoms with Crippen molar-refractivity contribution < 1.29 is 4.79 Å². The molecule has 0 aliphatic carbocycles. The lowest BCUT2D eigenvalue weighted by atomic mass is 10.00. The molecule has 1 heterocycles. The van der Waals surface area contributed by atoms with E-state index in [1.807, 2.05) is 43.3 Å². The summed E-state index contributed by atoms with van der Waals surface area (Å²) in [5.41, 5.74) is 4.57. The molecular weight excluding hydrogens is 513 g/mol. The second-order valence-electron chi connectivity index (χ2n) is 7.95. The van der Waals surface area contributed by atoms with Crippen molar-refractivity contribution in [1.29, 1.82) is 0 Å². The molecule has 0 bridgehead atoms. The largest absolute Gasteiger partial charge is 0.356 e. The first-order valence-corrected chi connectivity index (χ1v) is 10.9. The van der Waals surface area contributed by atoms with Crippen LogP contribution in [0.15, 0.2) is 65.7 Å². The Hall–Kier alpha value is -2.39. The fourth-order valence-corrected chi connectivity index (χ4v) is 3.60. The van der Waals surface area contributed by atoms with Crippen LogP contribution in [0.1, 0.15) is 24.5 Å². The third kappa shape index (κ3) is 7.94. The molecule has 0 fully saturated rings. The molecule has 0 unspecified atom stereocenters. The number of anilines is 1. The van der Waals surface area contributed by atoms with Crippen LogP contribution in [0, 0.1) is 0 Å². The predicted octanol–water partition coefficient (Wildman–Crippen LogP) is 4.06. The van der Waals surface area contributed by atoms with Crippen molar-refractivity contribution in [2.75, 3.05) is 45.6 Å². The number of carbonyl (C=O) groups is 1. The number of hydrogen-bond acceptors (Lipinski definition) is 3. The number of hydrogen-bond donors (Lipinski definition) is 2. The summed E-state index contributed by atoms with van der Waals surface area (Å²) in [6, 6.07) is 18.5. The first-order valence-electron chi connectivity index (χ1n) is 10.9. The van der Waals surface area contributed by atoms with Crippen LogP contribution < -0.4 is 10.6 Å². The van der Waals surface area contributed by atoms with Crippen molar-refractivity contribution in [3.05, 3.63) is 71.8 Å². The Labute approximate surface area is 208 Å². The van der Waals surface area contributed by atoms with Crippen LogP contribution in [0.5, 0.6) is 0 Å². The Kier molecular flexibility index (Phi) is 10.7. The summed E-state index contributed by atoms with van der Waals surface area (Å²) < 4.78 is 0. The van der Waals surface area contributed by atoms with E-state index < -0.39 is 0 Å². The summed E-state index contributed by atoms with van der Waals surface area (Å²) in [7, 11) is 3.76. The van der Waals surface area contributed by atoms with Crippen LogP contribution in [-0.4, -0.2) is 61.9 Å². The van der Waals surface area contributed by atoms with Crippen LogP contribution in [0.3, 0.4) is 0 Å². The maximum Gasteiger partial charge on any atom is 0.238 e. The standard InChI is InChI=1S/C25H33N5O.HI/c1-4-26-25(30-15-13-22(14-16-30)21-10-6-5-7-11-21)27-18-20-9-8-12-23(17-20)28-24(31)19-29(2)3;/h5-13,17H,4,14-16,18-19H2,1-3H3,(H,26,27)(H,28,31);1H. The van der Waals surface area contributed by atoms with Gasteiger partial charge in [-0.25, -0.2) is 4.99 Å².